The van der Waals surface area contributed by atoms with Crippen LogP contribution in [0.3, 0.4) is 0 Å². The molecule has 1 unspecified atom stereocenters. The van der Waals surface area contributed by atoms with E-state index in [0.29, 0.717) is 17.2 Å². The Hall–Kier alpha value is -1.69. The third-order valence-electron chi connectivity index (χ3n) is 1.80. The van der Waals surface area contributed by atoms with Gasteiger partial charge in [-0.15, -0.1) is 0 Å². The third-order valence-corrected chi connectivity index (χ3v) is 1.80. The van der Waals surface area contributed by atoms with Gasteiger partial charge < -0.3 is 14.2 Å². The summed E-state index contributed by atoms with van der Waals surface area (Å²) in [6, 6.07) is 0. The average Bonchev–Trinajstić information content (AvgIpc) is 2.71. The van der Waals surface area contributed by atoms with Gasteiger partial charge in [0, 0.05) is 0 Å². The van der Waals surface area contributed by atoms with Crippen LogP contribution in [0.15, 0.2) is 15.2 Å². The fourth-order valence-corrected chi connectivity index (χ4v) is 1.02. The van der Waals surface area contributed by atoms with Gasteiger partial charge in [-0.05, 0) is 13.8 Å². The highest BCUT2D eigenvalue weighted by molar-refractivity contribution is 5.53. The van der Waals surface area contributed by atoms with E-state index in [1.807, 2.05) is 0 Å². The molecule has 74 valence electrons. The normalized spacial score (nSPS) is 13.1. The lowest BCUT2D eigenvalue weighted by atomic mass is 10.3. The van der Waals surface area contributed by atoms with Crippen LogP contribution >= 0.6 is 0 Å². The summed E-state index contributed by atoms with van der Waals surface area (Å²) in [4.78, 5) is 3.99. The molecule has 2 heterocycles. The van der Waals surface area contributed by atoms with Crippen LogP contribution in [-0.2, 0) is 0 Å². The minimum absolute atomic E-state index is 0.251. The molecule has 0 radical (unpaired) electrons. The maximum absolute atomic E-state index is 9.18. The summed E-state index contributed by atoms with van der Waals surface area (Å²) in [5.41, 5.74) is 0.643. The lowest BCUT2D eigenvalue weighted by Crippen LogP contribution is -1.92. The molecule has 0 aliphatic heterocycles. The van der Waals surface area contributed by atoms with Crippen LogP contribution in [0, 0.1) is 6.92 Å². The fourth-order valence-electron chi connectivity index (χ4n) is 1.02. The van der Waals surface area contributed by atoms with Gasteiger partial charge in [0.05, 0.1) is 6.20 Å². The van der Waals surface area contributed by atoms with Crippen molar-refractivity contribution in [2.45, 2.75) is 20.0 Å². The van der Waals surface area contributed by atoms with E-state index >= 15 is 0 Å². The van der Waals surface area contributed by atoms with Crippen molar-refractivity contribution >= 4 is 0 Å². The molecule has 2 aromatic rings. The van der Waals surface area contributed by atoms with Crippen LogP contribution in [0.1, 0.15) is 24.6 Å². The Balaban J connectivity index is 2.39. The van der Waals surface area contributed by atoms with E-state index < -0.39 is 6.10 Å². The highest BCUT2D eigenvalue weighted by Gasteiger charge is 2.16. The molecule has 14 heavy (non-hydrogen) atoms. The number of aliphatic hydroxyl groups excluding tert-OH is 1. The molecule has 6 nitrogen and oxygen atoms in total. The molecule has 0 saturated carbocycles. The molecule has 1 atom stereocenters. The van der Waals surface area contributed by atoms with Crippen LogP contribution in [0.25, 0.3) is 11.5 Å². The van der Waals surface area contributed by atoms with E-state index in [1.54, 1.807) is 13.8 Å². The van der Waals surface area contributed by atoms with Crippen molar-refractivity contribution < 1.29 is 14.2 Å². The highest BCUT2D eigenvalue weighted by Crippen LogP contribution is 2.21. The second kappa shape index (κ2) is 3.22. The molecule has 1 N–H and O–H groups in total. The molecule has 6 heteroatoms. The zero-order valence-corrected chi connectivity index (χ0v) is 7.76. The van der Waals surface area contributed by atoms with Gasteiger partial charge in [0.2, 0.25) is 0 Å². The summed E-state index contributed by atoms with van der Waals surface area (Å²) in [5, 5.41) is 16.4. The number of aliphatic hydroxyl groups is 1. The number of aryl methyl sites for hydroxylation is 1. The van der Waals surface area contributed by atoms with Crippen LogP contribution in [0.5, 0.6) is 0 Å². The third kappa shape index (κ3) is 1.39. The summed E-state index contributed by atoms with van der Waals surface area (Å²) < 4.78 is 9.78. The van der Waals surface area contributed by atoms with Gasteiger partial charge in [-0.2, -0.15) is 4.98 Å². The number of hydrogen-bond donors (Lipinski definition) is 1. The van der Waals surface area contributed by atoms with Gasteiger partial charge >= 0.3 is 0 Å². The van der Waals surface area contributed by atoms with Crippen LogP contribution in [-0.4, -0.2) is 20.4 Å². The highest BCUT2D eigenvalue weighted by atomic mass is 16.5. The summed E-state index contributed by atoms with van der Waals surface area (Å²) in [7, 11) is 0. The lowest BCUT2D eigenvalue weighted by molar-refractivity contribution is 0.184. The minimum atomic E-state index is -0.743. The van der Waals surface area contributed by atoms with Crippen molar-refractivity contribution in [3.63, 3.8) is 0 Å². The van der Waals surface area contributed by atoms with E-state index in [4.69, 9.17) is 9.05 Å². The summed E-state index contributed by atoms with van der Waals surface area (Å²) in [6.45, 7) is 3.31. The molecule has 0 spiro atoms. The van der Waals surface area contributed by atoms with E-state index in [0.717, 1.165) is 0 Å². The Kier molecular flexibility index (Phi) is 2.05. The van der Waals surface area contributed by atoms with Crippen LogP contribution in [0.4, 0.5) is 0 Å². The summed E-state index contributed by atoms with van der Waals surface area (Å²) in [5.74, 6) is 1.16. The molecule has 0 fully saturated rings. The zero-order valence-electron chi connectivity index (χ0n) is 7.76. The van der Waals surface area contributed by atoms with E-state index in [2.05, 4.69) is 15.3 Å². The van der Waals surface area contributed by atoms with Crippen molar-refractivity contribution in [2.75, 3.05) is 0 Å². The number of rotatable bonds is 2. The Labute approximate surface area is 79.5 Å². The fraction of sp³-hybridized carbons (Fsp3) is 0.375. The molecule has 0 bridgehead atoms. The molecular formula is C8H9N3O3. The van der Waals surface area contributed by atoms with Gasteiger partial charge in [0.15, 0.2) is 5.82 Å². The summed E-state index contributed by atoms with van der Waals surface area (Å²) in [6.07, 6.45) is 0.752. The smallest absolute Gasteiger partial charge is 0.263 e. The summed E-state index contributed by atoms with van der Waals surface area (Å²) >= 11 is 0. The maximum Gasteiger partial charge on any atom is 0.263 e. The SMILES string of the molecule is Cc1oncc1-c1nc(C(C)O)no1. The lowest BCUT2D eigenvalue weighted by Gasteiger charge is -1.91. The molecule has 0 aliphatic carbocycles. The van der Waals surface area contributed by atoms with Crippen molar-refractivity contribution in [1.82, 2.24) is 15.3 Å². The van der Waals surface area contributed by atoms with Crippen molar-refractivity contribution in [1.29, 1.82) is 0 Å². The average molecular weight is 195 g/mol. The first-order valence-corrected chi connectivity index (χ1v) is 4.12. The Morgan fingerprint density at radius 2 is 2.21 bits per heavy atom. The first-order chi connectivity index (χ1) is 6.68. The molecule has 0 amide bonds. The van der Waals surface area contributed by atoms with Gasteiger partial charge in [-0.25, -0.2) is 0 Å². The first kappa shape index (κ1) is 8.89. The van der Waals surface area contributed by atoms with E-state index in [1.165, 1.54) is 6.20 Å². The van der Waals surface area contributed by atoms with Gasteiger partial charge in [-0.3, -0.25) is 0 Å². The molecule has 0 saturated heterocycles. The predicted molar refractivity (Wildman–Crippen MR) is 45.2 cm³/mol. The minimum Gasteiger partial charge on any atom is -0.385 e. The standard InChI is InChI=1S/C8H9N3O3/c1-4(12)7-10-8(14-11-7)6-3-9-13-5(6)2/h3-4,12H,1-2H3. The first-order valence-electron chi connectivity index (χ1n) is 4.12. The second-order valence-electron chi connectivity index (χ2n) is 2.93. The van der Waals surface area contributed by atoms with E-state index in [9.17, 15) is 5.11 Å². The van der Waals surface area contributed by atoms with Crippen molar-refractivity contribution in [2.24, 2.45) is 0 Å². The van der Waals surface area contributed by atoms with Crippen LogP contribution in [0.2, 0.25) is 0 Å². The van der Waals surface area contributed by atoms with Crippen molar-refractivity contribution in [3.8, 4) is 11.5 Å². The topological polar surface area (TPSA) is 85.2 Å². The van der Waals surface area contributed by atoms with Gasteiger partial charge in [-0.1, -0.05) is 10.3 Å². The Morgan fingerprint density at radius 1 is 1.43 bits per heavy atom. The number of nitrogens with zero attached hydrogens (tertiary/aromatic N) is 3. The monoisotopic (exact) mass is 195 g/mol. The molecule has 0 aliphatic rings. The molecule has 2 rings (SSSR count). The second-order valence-corrected chi connectivity index (χ2v) is 2.93. The molecule has 2 aromatic heterocycles. The van der Waals surface area contributed by atoms with Gasteiger partial charge in [0.25, 0.3) is 5.89 Å². The zero-order chi connectivity index (χ0) is 10.1. The van der Waals surface area contributed by atoms with Crippen LogP contribution < -0.4 is 0 Å². The maximum atomic E-state index is 9.18. The van der Waals surface area contributed by atoms with E-state index in [-0.39, 0.29) is 5.82 Å². The quantitative estimate of drug-likeness (QED) is 0.771. The number of hydrogen-bond acceptors (Lipinski definition) is 6. The predicted octanol–water partition coefficient (Wildman–Crippen LogP) is 1.09. The Morgan fingerprint density at radius 3 is 2.71 bits per heavy atom. The van der Waals surface area contributed by atoms with Gasteiger partial charge in [0.1, 0.15) is 17.4 Å². The molecular weight excluding hydrogens is 186 g/mol. The number of aromatic nitrogens is 3. The van der Waals surface area contributed by atoms with Crippen molar-refractivity contribution in [3.05, 3.63) is 17.8 Å². The Bertz CT molecular complexity index is 432. The largest absolute Gasteiger partial charge is 0.385 e. The molecule has 0 aromatic carbocycles.